The quantitative estimate of drug-likeness (QED) is 0.334. The summed E-state index contributed by atoms with van der Waals surface area (Å²) < 4.78 is 88.4. The number of tetrazole rings is 1. The van der Waals surface area contributed by atoms with Crippen LogP contribution in [0.25, 0.3) is 0 Å². The fraction of sp³-hybridized carbons (Fsp3) is 0.500. The molecule has 0 bridgehead atoms. The van der Waals surface area contributed by atoms with Crippen LogP contribution in [0, 0.1) is 5.92 Å². The van der Waals surface area contributed by atoms with Gasteiger partial charge in [0.1, 0.15) is 12.9 Å². The Morgan fingerprint density at radius 3 is 2.11 bits per heavy atom. The fourth-order valence-electron chi connectivity index (χ4n) is 5.99. The summed E-state index contributed by atoms with van der Waals surface area (Å²) in [6, 6.07) is 10.7. The highest BCUT2D eigenvalue weighted by Crippen LogP contribution is 2.40. The van der Waals surface area contributed by atoms with Crippen molar-refractivity contribution in [3.8, 4) is 0 Å². The summed E-state index contributed by atoms with van der Waals surface area (Å²) in [7, 11) is 0. The molecule has 2 aliphatic heterocycles. The van der Waals surface area contributed by atoms with Gasteiger partial charge in [0.05, 0.1) is 23.3 Å². The molecule has 242 valence electrons. The second-order valence-electron chi connectivity index (χ2n) is 11.4. The summed E-state index contributed by atoms with van der Waals surface area (Å²) in [5, 5.41) is 10.7. The third kappa shape index (κ3) is 7.81. The number of amides is 2. The van der Waals surface area contributed by atoms with Gasteiger partial charge in [0.15, 0.2) is 0 Å². The number of benzene rings is 2. The lowest BCUT2D eigenvalue weighted by Gasteiger charge is -2.42. The Morgan fingerprint density at radius 1 is 0.911 bits per heavy atom. The molecule has 1 aromatic heterocycles. The molecule has 0 saturated carbocycles. The van der Waals surface area contributed by atoms with Crippen LogP contribution < -0.4 is 0 Å². The van der Waals surface area contributed by atoms with Crippen molar-refractivity contribution in [2.75, 3.05) is 26.2 Å². The van der Waals surface area contributed by atoms with E-state index in [1.165, 1.54) is 17.9 Å². The van der Waals surface area contributed by atoms with E-state index < -0.39 is 35.7 Å². The van der Waals surface area contributed by atoms with Gasteiger partial charge in [-0.25, -0.2) is 4.68 Å². The summed E-state index contributed by atoms with van der Waals surface area (Å²) in [5.74, 6) is -0.853. The number of carbonyl (C=O) groups excluding carboxylic acids is 2. The molecule has 2 fully saturated rings. The number of alkyl halides is 6. The first-order valence-electron chi connectivity index (χ1n) is 14.6. The topological polar surface area (TPSA) is 93.5 Å². The van der Waals surface area contributed by atoms with E-state index in [1.807, 2.05) is 30.3 Å². The van der Waals surface area contributed by atoms with Gasteiger partial charge < -0.3 is 14.5 Å². The van der Waals surface area contributed by atoms with Crippen molar-refractivity contribution >= 4 is 11.8 Å². The van der Waals surface area contributed by atoms with Gasteiger partial charge >= 0.3 is 12.4 Å². The molecule has 3 aromatic rings. The predicted molar refractivity (Wildman–Crippen MR) is 147 cm³/mol. The highest BCUT2D eigenvalue weighted by molar-refractivity contribution is 5.80. The molecule has 0 unspecified atom stereocenters. The molecule has 0 aliphatic carbocycles. The van der Waals surface area contributed by atoms with Crippen LogP contribution in [-0.2, 0) is 33.2 Å². The Labute approximate surface area is 255 Å². The van der Waals surface area contributed by atoms with Crippen molar-refractivity contribution in [2.24, 2.45) is 5.92 Å². The van der Waals surface area contributed by atoms with E-state index in [0.717, 1.165) is 5.56 Å². The molecule has 2 saturated heterocycles. The summed E-state index contributed by atoms with van der Waals surface area (Å²) in [5.41, 5.74) is -2.18. The molecule has 2 amide bonds. The van der Waals surface area contributed by atoms with Gasteiger partial charge in [-0.1, -0.05) is 30.3 Å². The van der Waals surface area contributed by atoms with Gasteiger partial charge in [-0.15, -0.1) is 5.10 Å². The van der Waals surface area contributed by atoms with Gasteiger partial charge in [-0.3, -0.25) is 9.59 Å². The molecule has 9 nitrogen and oxygen atoms in total. The average molecular weight is 639 g/mol. The van der Waals surface area contributed by atoms with Crippen LogP contribution in [0.15, 0.2) is 54.9 Å². The minimum Gasteiger partial charge on any atom is -0.370 e. The van der Waals surface area contributed by atoms with E-state index >= 15 is 0 Å². The number of hydrogen-bond acceptors (Lipinski definition) is 6. The first-order valence-corrected chi connectivity index (χ1v) is 14.6. The van der Waals surface area contributed by atoms with Crippen molar-refractivity contribution in [2.45, 2.75) is 63.2 Å². The molecule has 5 rings (SSSR count). The number of ether oxygens (including phenoxy) is 1. The Morgan fingerprint density at radius 2 is 1.53 bits per heavy atom. The van der Waals surface area contributed by atoms with Crippen molar-refractivity contribution in [1.82, 2.24) is 30.0 Å². The van der Waals surface area contributed by atoms with Crippen LogP contribution in [0.4, 0.5) is 26.3 Å². The molecular formula is C30H32F6N6O3. The van der Waals surface area contributed by atoms with Crippen molar-refractivity contribution in [3.63, 3.8) is 0 Å². The maximum atomic E-state index is 13.6. The zero-order chi connectivity index (χ0) is 32.4. The highest BCUT2D eigenvalue weighted by Gasteiger charge is 2.40. The molecule has 3 atom stereocenters. The number of carbonyl (C=O) groups is 2. The molecule has 2 aromatic carbocycles. The number of nitrogens with zero attached hydrogens (tertiary/aromatic N) is 6. The molecule has 45 heavy (non-hydrogen) atoms. The van der Waals surface area contributed by atoms with Crippen LogP contribution in [0.5, 0.6) is 0 Å². The van der Waals surface area contributed by atoms with Gasteiger partial charge in [0.2, 0.25) is 11.8 Å². The Hall–Kier alpha value is -4.01. The summed E-state index contributed by atoms with van der Waals surface area (Å²) >= 11 is 0. The fourth-order valence-corrected chi connectivity index (χ4v) is 5.99. The number of rotatable bonds is 7. The monoisotopic (exact) mass is 638 g/mol. The normalized spacial score (nSPS) is 20.7. The number of hydrogen-bond donors (Lipinski definition) is 0. The SMILES string of the molecule is C[C@@H](O[C@H]1CCN(C(=O)C2CCN(C(=O)Cn3cnnn3)CC2)C[C@H]1c1ccccc1)c1cc(C(F)(F)F)cc(C(F)(F)F)c1. The Balaban J connectivity index is 1.27. The number of aromatic nitrogens is 4. The van der Waals surface area contributed by atoms with Crippen molar-refractivity contribution in [3.05, 3.63) is 77.1 Å². The molecule has 0 radical (unpaired) electrons. The minimum absolute atomic E-state index is 0.00826. The lowest BCUT2D eigenvalue weighted by molar-refractivity contribution is -0.144. The summed E-state index contributed by atoms with van der Waals surface area (Å²) in [6.45, 7) is 2.85. The van der Waals surface area contributed by atoms with E-state index in [0.29, 0.717) is 51.0 Å². The average Bonchev–Trinajstić information content (AvgIpc) is 3.53. The number of piperidine rings is 2. The van der Waals surface area contributed by atoms with Crippen LogP contribution >= 0.6 is 0 Å². The molecule has 2 aliphatic rings. The molecular weight excluding hydrogens is 606 g/mol. The van der Waals surface area contributed by atoms with Gasteiger partial charge in [0, 0.05) is 38.0 Å². The third-order valence-electron chi connectivity index (χ3n) is 8.43. The largest absolute Gasteiger partial charge is 0.416 e. The minimum atomic E-state index is -4.97. The van der Waals surface area contributed by atoms with Gasteiger partial charge in [-0.2, -0.15) is 26.3 Å². The van der Waals surface area contributed by atoms with Crippen molar-refractivity contribution in [1.29, 1.82) is 0 Å². The van der Waals surface area contributed by atoms with Crippen molar-refractivity contribution < 1.29 is 40.7 Å². The molecule has 0 spiro atoms. The molecule has 0 N–H and O–H groups in total. The number of halogens is 6. The van der Waals surface area contributed by atoms with Gasteiger partial charge in [0.25, 0.3) is 0 Å². The van der Waals surface area contributed by atoms with E-state index in [-0.39, 0.29) is 48.4 Å². The second kappa shape index (κ2) is 13.2. The first-order chi connectivity index (χ1) is 21.3. The lowest BCUT2D eigenvalue weighted by Crippen LogP contribution is -2.50. The summed E-state index contributed by atoms with van der Waals surface area (Å²) in [4.78, 5) is 29.6. The lowest BCUT2D eigenvalue weighted by atomic mass is 9.86. The molecule has 3 heterocycles. The van der Waals surface area contributed by atoms with E-state index in [1.54, 1.807) is 9.80 Å². The first kappa shape index (κ1) is 32.4. The van der Waals surface area contributed by atoms with E-state index in [4.69, 9.17) is 4.74 Å². The predicted octanol–water partition coefficient (Wildman–Crippen LogP) is 5.11. The molecule has 15 heteroatoms. The Kier molecular flexibility index (Phi) is 9.46. The van der Waals surface area contributed by atoms with E-state index in [2.05, 4.69) is 15.5 Å². The van der Waals surface area contributed by atoms with Crippen LogP contribution in [0.3, 0.4) is 0 Å². The van der Waals surface area contributed by atoms with Crippen LogP contribution in [0.2, 0.25) is 0 Å². The van der Waals surface area contributed by atoms with Crippen LogP contribution in [0.1, 0.15) is 60.5 Å². The smallest absolute Gasteiger partial charge is 0.370 e. The second-order valence-corrected chi connectivity index (χ2v) is 11.4. The maximum absolute atomic E-state index is 13.6. The highest BCUT2D eigenvalue weighted by atomic mass is 19.4. The number of likely N-dealkylation sites (tertiary alicyclic amines) is 2. The van der Waals surface area contributed by atoms with Gasteiger partial charge in [-0.05, 0) is 65.9 Å². The van der Waals surface area contributed by atoms with E-state index in [9.17, 15) is 35.9 Å². The third-order valence-corrected chi connectivity index (χ3v) is 8.43. The van der Waals surface area contributed by atoms with Crippen LogP contribution in [-0.4, -0.2) is 74.1 Å². The maximum Gasteiger partial charge on any atom is 0.416 e. The standard InChI is InChI=1S/C30H32F6N6O3/c1-19(22-13-23(29(31,32)33)15-24(14-22)30(34,35)36)45-26-9-12-41(16-25(26)20-5-3-2-4-6-20)28(44)21-7-10-40(11-8-21)27(43)17-42-18-37-38-39-42/h2-6,13-15,18-19,21,25-26H,7-12,16-17H2,1H3/t19-,25+,26+/m1/s1. The zero-order valence-electron chi connectivity index (χ0n) is 24.3. The summed E-state index contributed by atoms with van der Waals surface area (Å²) in [6.07, 6.45) is -8.92. The Bertz CT molecular complexity index is 1430. The zero-order valence-corrected chi connectivity index (χ0v) is 24.3.